The van der Waals surface area contributed by atoms with E-state index in [1.54, 1.807) is 0 Å². The highest BCUT2D eigenvalue weighted by Crippen LogP contribution is 2.53. The molecule has 0 saturated carbocycles. The zero-order chi connectivity index (χ0) is 32.7. The molecule has 10 rings (SSSR count). The molecule has 232 valence electrons. The minimum atomic E-state index is -0.135. The van der Waals surface area contributed by atoms with Gasteiger partial charge in [-0.25, -0.2) is 0 Å². The van der Waals surface area contributed by atoms with Crippen molar-refractivity contribution < 1.29 is 4.42 Å². The third-order valence-corrected chi connectivity index (χ3v) is 10.6. The predicted octanol–water partition coefficient (Wildman–Crippen LogP) is 13.3. The summed E-state index contributed by atoms with van der Waals surface area (Å²) in [5.41, 5.74) is 12.5. The molecule has 1 aromatic heterocycles. The predicted molar refractivity (Wildman–Crippen MR) is 206 cm³/mol. The largest absolute Gasteiger partial charge is 0.454 e. The third kappa shape index (κ3) is 4.14. The van der Waals surface area contributed by atoms with E-state index < -0.39 is 0 Å². The number of nitrogens with zero attached hydrogens (tertiary/aromatic N) is 1. The highest BCUT2D eigenvalue weighted by molar-refractivity contribution is 6.22. The Kier molecular flexibility index (Phi) is 5.95. The summed E-state index contributed by atoms with van der Waals surface area (Å²) in [6.45, 7) is 4.70. The maximum Gasteiger partial charge on any atom is 0.160 e. The van der Waals surface area contributed by atoms with Crippen LogP contribution in [-0.2, 0) is 5.41 Å². The Morgan fingerprint density at radius 3 is 2.00 bits per heavy atom. The summed E-state index contributed by atoms with van der Waals surface area (Å²) < 4.78 is 7.01. The molecule has 0 fully saturated rings. The van der Waals surface area contributed by atoms with Crippen molar-refractivity contribution in [2.45, 2.75) is 19.3 Å². The molecule has 0 bridgehead atoms. The smallest absolute Gasteiger partial charge is 0.160 e. The highest BCUT2D eigenvalue weighted by atomic mass is 16.3. The van der Waals surface area contributed by atoms with E-state index in [-0.39, 0.29) is 5.41 Å². The van der Waals surface area contributed by atoms with Crippen molar-refractivity contribution in [1.29, 1.82) is 0 Å². The first kappa shape index (κ1) is 27.9. The van der Waals surface area contributed by atoms with Gasteiger partial charge in [-0.05, 0) is 85.8 Å². The van der Waals surface area contributed by atoms with Gasteiger partial charge in [0, 0.05) is 33.1 Å². The molecule has 49 heavy (non-hydrogen) atoms. The number of benzene rings is 8. The lowest BCUT2D eigenvalue weighted by Gasteiger charge is -2.30. The van der Waals surface area contributed by atoms with Crippen LogP contribution in [0.2, 0.25) is 0 Å². The molecule has 9 aromatic rings. The first-order valence-corrected chi connectivity index (χ1v) is 17.0. The van der Waals surface area contributed by atoms with Crippen molar-refractivity contribution in [2.24, 2.45) is 0 Å². The Labute approximate surface area is 285 Å². The maximum atomic E-state index is 7.01. The van der Waals surface area contributed by atoms with Crippen LogP contribution in [0, 0.1) is 0 Å². The fourth-order valence-electron chi connectivity index (χ4n) is 8.22. The Bertz CT molecular complexity index is 2750. The number of hydrogen-bond acceptors (Lipinski definition) is 2. The standard InChI is InChI=1S/C47H33NO/c1-47(2)41-19-11-10-18-38(41)39-24-23-35(29-42(39)47)48(34-22-20-30-12-6-7-16-33(30)28-34)45-37(31-13-4-3-5-14-31)25-26-40-44-36-17-9-8-15-32(36)21-27-43(44)49-46(40)45/h3-29H,1-2H3. The lowest BCUT2D eigenvalue weighted by atomic mass is 9.82. The van der Waals surface area contributed by atoms with E-state index in [0.29, 0.717) is 0 Å². The summed E-state index contributed by atoms with van der Waals surface area (Å²) in [6, 6.07) is 59.4. The fraction of sp³-hybridized carbons (Fsp3) is 0.0638. The zero-order valence-corrected chi connectivity index (χ0v) is 27.4. The molecule has 0 aliphatic heterocycles. The van der Waals surface area contributed by atoms with E-state index >= 15 is 0 Å². The van der Waals surface area contributed by atoms with Gasteiger partial charge in [-0.1, -0.05) is 141 Å². The van der Waals surface area contributed by atoms with Crippen LogP contribution in [0.25, 0.3) is 65.7 Å². The van der Waals surface area contributed by atoms with E-state index in [1.807, 2.05) is 0 Å². The number of anilines is 3. The van der Waals surface area contributed by atoms with Gasteiger partial charge < -0.3 is 9.32 Å². The van der Waals surface area contributed by atoms with Crippen LogP contribution in [-0.4, -0.2) is 0 Å². The quantitative estimate of drug-likeness (QED) is 0.193. The molecule has 2 heteroatoms. The topological polar surface area (TPSA) is 16.4 Å². The van der Waals surface area contributed by atoms with Crippen LogP contribution in [0.5, 0.6) is 0 Å². The second kappa shape index (κ2) is 10.4. The summed E-state index contributed by atoms with van der Waals surface area (Å²) in [5, 5.41) is 7.08. The van der Waals surface area contributed by atoms with Crippen LogP contribution in [0.15, 0.2) is 168 Å². The van der Waals surface area contributed by atoms with Gasteiger partial charge in [0.15, 0.2) is 5.58 Å². The van der Waals surface area contributed by atoms with Crippen molar-refractivity contribution >= 4 is 60.5 Å². The summed E-state index contributed by atoms with van der Waals surface area (Å²) in [7, 11) is 0. The molecule has 0 amide bonds. The summed E-state index contributed by atoms with van der Waals surface area (Å²) in [6.07, 6.45) is 0. The van der Waals surface area contributed by atoms with E-state index in [2.05, 4.69) is 183 Å². The van der Waals surface area contributed by atoms with Gasteiger partial charge in [0.05, 0.1) is 5.69 Å². The molecule has 0 radical (unpaired) electrons. The van der Waals surface area contributed by atoms with E-state index in [0.717, 1.165) is 50.1 Å². The second-order valence-electron chi connectivity index (χ2n) is 13.7. The van der Waals surface area contributed by atoms with E-state index in [1.165, 1.54) is 43.8 Å². The Morgan fingerprint density at radius 1 is 0.469 bits per heavy atom. The van der Waals surface area contributed by atoms with Gasteiger partial charge in [-0.15, -0.1) is 0 Å². The third-order valence-electron chi connectivity index (χ3n) is 10.6. The van der Waals surface area contributed by atoms with Gasteiger partial charge in [-0.2, -0.15) is 0 Å². The SMILES string of the molecule is CC1(C)c2ccccc2-c2ccc(N(c3ccc4ccccc4c3)c3c(-c4ccccc4)ccc4c3oc3ccc5ccccc5c34)cc21. The van der Waals surface area contributed by atoms with Crippen LogP contribution in [0.3, 0.4) is 0 Å². The minimum absolute atomic E-state index is 0.135. The van der Waals surface area contributed by atoms with Crippen LogP contribution in [0.1, 0.15) is 25.0 Å². The normalized spacial score (nSPS) is 13.3. The van der Waals surface area contributed by atoms with E-state index in [9.17, 15) is 0 Å². The molecule has 2 nitrogen and oxygen atoms in total. The molecule has 1 heterocycles. The Balaban J connectivity index is 1.33. The summed E-state index contributed by atoms with van der Waals surface area (Å²) >= 11 is 0. The molecule has 8 aromatic carbocycles. The number of hydrogen-bond donors (Lipinski definition) is 0. The summed E-state index contributed by atoms with van der Waals surface area (Å²) in [5.74, 6) is 0. The maximum absolute atomic E-state index is 7.01. The average Bonchev–Trinajstić information content (AvgIpc) is 3.65. The summed E-state index contributed by atoms with van der Waals surface area (Å²) in [4.78, 5) is 2.43. The van der Waals surface area contributed by atoms with Gasteiger partial charge >= 0.3 is 0 Å². The fourth-order valence-corrected chi connectivity index (χ4v) is 8.22. The lowest BCUT2D eigenvalue weighted by molar-refractivity contribution is 0.660. The Hall–Kier alpha value is -6.12. The Morgan fingerprint density at radius 2 is 1.12 bits per heavy atom. The molecule has 0 spiro atoms. The van der Waals surface area contributed by atoms with Gasteiger partial charge in [0.25, 0.3) is 0 Å². The van der Waals surface area contributed by atoms with Crippen molar-refractivity contribution in [3.05, 3.63) is 175 Å². The molecule has 1 aliphatic rings. The minimum Gasteiger partial charge on any atom is -0.454 e. The molecule has 0 unspecified atom stereocenters. The molecule has 0 atom stereocenters. The first-order valence-electron chi connectivity index (χ1n) is 17.0. The second-order valence-corrected chi connectivity index (χ2v) is 13.7. The molecular formula is C47H33NO. The molecular weight excluding hydrogens is 595 g/mol. The molecule has 0 N–H and O–H groups in total. The molecule has 1 aliphatic carbocycles. The van der Waals surface area contributed by atoms with Crippen molar-refractivity contribution in [3.8, 4) is 22.3 Å². The number of rotatable bonds is 4. The van der Waals surface area contributed by atoms with Crippen molar-refractivity contribution in [3.63, 3.8) is 0 Å². The van der Waals surface area contributed by atoms with Crippen LogP contribution >= 0.6 is 0 Å². The highest BCUT2D eigenvalue weighted by Gasteiger charge is 2.36. The number of furan rings is 1. The van der Waals surface area contributed by atoms with Gasteiger partial charge in [0.1, 0.15) is 5.58 Å². The van der Waals surface area contributed by atoms with Crippen LogP contribution < -0.4 is 4.90 Å². The monoisotopic (exact) mass is 627 g/mol. The molecule has 0 saturated heterocycles. The average molecular weight is 628 g/mol. The lowest BCUT2D eigenvalue weighted by Crippen LogP contribution is -2.17. The number of fused-ring (bicyclic) bond motifs is 9. The first-order chi connectivity index (χ1) is 24.1. The van der Waals surface area contributed by atoms with Crippen molar-refractivity contribution in [1.82, 2.24) is 0 Å². The van der Waals surface area contributed by atoms with Gasteiger partial charge in [0.2, 0.25) is 0 Å². The van der Waals surface area contributed by atoms with E-state index in [4.69, 9.17) is 4.42 Å². The van der Waals surface area contributed by atoms with Gasteiger partial charge in [-0.3, -0.25) is 0 Å². The van der Waals surface area contributed by atoms with Crippen LogP contribution in [0.4, 0.5) is 17.1 Å². The zero-order valence-electron chi connectivity index (χ0n) is 27.4. The van der Waals surface area contributed by atoms with Crippen molar-refractivity contribution in [2.75, 3.05) is 4.90 Å².